The van der Waals surface area contributed by atoms with Gasteiger partial charge in [0.25, 0.3) is 0 Å². The molecule has 3 N–H and O–H groups in total. The van der Waals surface area contributed by atoms with Crippen molar-refractivity contribution in [2.24, 2.45) is 5.92 Å². The van der Waals surface area contributed by atoms with Gasteiger partial charge in [0, 0.05) is 16.1 Å². The van der Waals surface area contributed by atoms with Crippen molar-refractivity contribution in [3.63, 3.8) is 0 Å². The number of carbonyl (C=O) groups excluding carboxylic acids is 2. The molecular weight excluding hydrogens is 404 g/mol. The predicted molar refractivity (Wildman–Crippen MR) is 91.1 cm³/mol. The van der Waals surface area contributed by atoms with Gasteiger partial charge in [0.1, 0.15) is 11.7 Å². The molecule has 0 saturated carbocycles. The van der Waals surface area contributed by atoms with Gasteiger partial charge >= 0.3 is 12.2 Å². The Labute approximate surface area is 161 Å². The highest BCUT2D eigenvalue weighted by Crippen LogP contribution is 2.45. The molecule has 1 aliphatic rings. The Balaban J connectivity index is 2.23. The van der Waals surface area contributed by atoms with Crippen LogP contribution in [0, 0.1) is 11.7 Å². The van der Waals surface area contributed by atoms with Crippen molar-refractivity contribution >= 4 is 23.4 Å². The summed E-state index contributed by atoms with van der Waals surface area (Å²) in [5.74, 6) is -4.53. The van der Waals surface area contributed by atoms with E-state index < -0.39 is 47.1 Å². The van der Waals surface area contributed by atoms with E-state index in [9.17, 15) is 32.3 Å². The third-order valence-corrected chi connectivity index (χ3v) is 4.79. The molecule has 0 spiro atoms. The Morgan fingerprint density at radius 2 is 1.75 bits per heavy atom. The van der Waals surface area contributed by atoms with Crippen molar-refractivity contribution in [2.75, 3.05) is 0 Å². The number of ketones is 1. The lowest BCUT2D eigenvalue weighted by Crippen LogP contribution is -2.72. The van der Waals surface area contributed by atoms with E-state index in [1.54, 1.807) is 6.07 Å². The fourth-order valence-electron chi connectivity index (χ4n) is 3.17. The molecule has 1 aliphatic heterocycles. The van der Waals surface area contributed by atoms with Gasteiger partial charge in [-0.2, -0.15) is 13.2 Å². The second-order valence-corrected chi connectivity index (χ2v) is 6.59. The number of carbonyl (C=O) groups is 2. The van der Waals surface area contributed by atoms with Crippen molar-refractivity contribution < 1.29 is 32.3 Å². The highest BCUT2D eigenvalue weighted by molar-refractivity contribution is 6.31. The van der Waals surface area contributed by atoms with Gasteiger partial charge in [0.15, 0.2) is 5.78 Å². The third kappa shape index (κ3) is 3.31. The number of halogens is 5. The molecule has 2 amide bonds. The molecule has 3 atom stereocenters. The first-order valence-electron chi connectivity index (χ1n) is 7.97. The first kappa shape index (κ1) is 20.1. The Kier molecular flexibility index (Phi) is 5.07. The van der Waals surface area contributed by atoms with Crippen molar-refractivity contribution in [2.45, 2.75) is 17.9 Å². The van der Waals surface area contributed by atoms with Crippen LogP contribution < -0.4 is 10.6 Å². The molecule has 5 nitrogen and oxygen atoms in total. The molecule has 10 heteroatoms. The fourth-order valence-corrected chi connectivity index (χ4v) is 3.45. The average Bonchev–Trinajstić information content (AvgIpc) is 2.60. The van der Waals surface area contributed by atoms with E-state index in [1.807, 2.05) is 0 Å². The highest BCUT2D eigenvalue weighted by atomic mass is 35.5. The van der Waals surface area contributed by atoms with Crippen LogP contribution in [0.1, 0.15) is 22.0 Å². The number of hydrogen-bond donors (Lipinski definition) is 3. The minimum absolute atomic E-state index is 0.161. The molecule has 0 aromatic heterocycles. The smallest absolute Gasteiger partial charge is 0.363 e. The van der Waals surface area contributed by atoms with Crippen LogP contribution in [0.2, 0.25) is 5.02 Å². The second kappa shape index (κ2) is 7.06. The number of benzene rings is 2. The van der Waals surface area contributed by atoms with Gasteiger partial charge in [-0.05, 0) is 12.1 Å². The van der Waals surface area contributed by atoms with Gasteiger partial charge in [-0.25, -0.2) is 9.18 Å². The molecule has 2 aromatic carbocycles. The normalized spacial score (nSPS) is 25.0. The van der Waals surface area contributed by atoms with E-state index >= 15 is 0 Å². The van der Waals surface area contributed by atoms with E-state index in [4.69, 9.17) is 11.6 Å². The number of rotatable bonds is 3. The van der Waals surface area contributed by atoms with Crippen LogP contribution in [0.3, 0.4) is 0 Å². The Bertz CT molecular complexity index is 903. The second-order valence-electron chi connectivity index (χ2n) is 6.18. The van der Waals surface area contributed by atoms with Crippen molar-refractivity contribution in [1.29, 1.82) is 0 Å². The van der Waals surface area contributed by atoms with E-state index in [1.165, 1.54) is 41.7 Å². The summed E-state index contributed by atoms with van der Waals surface area (Å²) in [6.07, 6.45) is -5.43. The molecule has 28 heavy (non-hydrogen) atoms. The van der Waals surface area contributed by atoms with Crippen LogP contribution in [0.5, 0.6) is 0 Å². The summed E-state index contributed by atoms with van der Waals surface area (Å²) in [7, 11) is 0. The van der Waals surface area contributed by atoms with Gasteiger partial charge in [-0.3, -0.25) is 4.79 Å². The molecule has 0 bridgehead atoms. The zero-order valence-electron chi connectivity index (χ0n) is 13.9. The summed E-state index contributed by atoms with van der Waals surface area (Å²) < 4.78 is 55.7. The molecular formula is C18H13ClF4N2O3. The van der Waals surface area contributed by atoms with Crippen LogP contribution >= 0.6 is 11.6 Å². The van der Waals surface area contributed by atoms with Crippen LogP contribution in [0.15, 0.2) is 48.5 Å². The molecule has 3 rings (SSSR count). The van der Waals surface area contributed by atoms with Crippen LogP contribution in [0.25, 0.3) is 0 Å². The number of urea groups is 1. The molecule has 1 fully saturated rings. The summed E-state index contributed by atoms with van der Waals surface area (Å²) in [5, 5.41) is 13.6. The highest BCUT2D eigenvalue weighted by Gasteiger charge is 2.66. The standard InChI is InChI=1S/C18H13ClF4N2O3/c19-10-7-4-8-11(20)12(10)14-13(15(26)9-5-2-1-3-6-9)17(28,18(21,22)23)25-16(27)24-14/h1-8,13-14,28H,(H2,24,25,27)/t13-,14+,17+/m0/s1. The van der Waals surface area contributed by atoms with Gasteiger partial charge in [0.05, 0.1) is 6.04 Å². The monoisotopic (exact) mass is 416 g/mol. The van der Waals surface area contributed by atoms with Crippen LogP contribution in [-0.4, -0.2) is 28.8 Å². The summed E-state index contributed by atoms with van der Waals surface area (Å²) in [6, 6.07) is 6.90. The first-order chi connectivity index (χ1) is 13.1. The number of nitrogens with one attached hydrogen (secondary N) is 2. The predicted octanol–water partition coefficient (Wildman–Crippen LogP) is 3.58. The van der Waals surface area contributed by atoms with Crippen molar-refractivity contribution in [1.82, 2.24) is 10.6 Å². The number of hydrogen-bond acceptors (Lipinski definition) is 3. The number of Topliss-reactive ketones (excluding diaryl/α,β-unsaturated/α-hetero) is 1. The lowest BCUT2D eigenvalue weighted by atomic mass is 9.77. The van der Waals surface area contributed by atoms with Gasteiger partial charge in [0.2, 0.25) is 5.72 Å². The summed E-state index contributed by atoms with van der Waals surface area (Å²) in [4.78, 5) is 24.8. The maximum atomic E-state index is 14.4. The van der Waals surface area contributed by atoms with Gasteiger partial charge < -0.3 is 15.7 Å². The quantitative estimate of drug-likeness (QED) is 0.528. The van der Waals surface area contributed by atoms with E-state index in [0.29, 0.717) is 0 Å². The van der Waals surface area contributed by atoms with Crippen molar-refractivity contribution in [3.05, 3.63) is 70.5 Å². The molecule has 0 radical (unpaired) electrons. The van der Waals surface area contributed by atoms with Crippen LogP contribution in [0.4, 0.5) is 22.4 Å². The zero-order chi connectivity index (χ0) is 20.7. The third-order valence-electron chi connectivity index (χ3n) is 4.46. The lowest BCUT2D eigenvalue weighted by molar-refractivity contribution is -0.287. The minimum atomic E-state index is -5.43. The minimum Gasteiger partial charge on any atom is -0.363 e. The van der Waals surface area contributed by atoms with Gasteiger partial charge in [-0.1, -0.05) is 48.0 Å². The SMILES string of the molecule is O=C1N[C@H](c2c(F)cccc2Cl)[C@@H](C(=O)c2ccccc2)[C@@](O)(C(F)(F)F)N1. The molecule has 0 aliphatic carbocycles. The Hall–Kier alpha value is -2.65. The topological polar surface area (TPSA) is 78.4 Å². The summed E-state index contributed by atoms with van der Waals surface area (Å²) >= 11 is 5.95. The van der Waals surface area contributed by atoms with E-state index in [0.717, 1.165) is 6.07 Å². The average molecular weight is 417 g/mol. The van der Waals surface area contributed by atoms with E-state index in [-0.39, 0.29) is 10.6 Å². The molecule has 1 saturated heterocycles. The maximum absolute atomic E-state index is 14.4. The lowest BCUT2D eigenvalue weighted by Gasteiger charge is -2.45. The molecule has 148 valence electrons. The van der Waals surface area contributed by atoms with Crippen molar-refractivity contribution in [3.8, 4) is 0 Å². The maximum Gasteiger partial charge on any atom is 0.437 e. The van der Waals surface area contributed by atoms with Crippen LogP contribution in [-0.2, 0) is 0 Å². The number of alkyl halides is 3. The Morgan fingerprint density at radius 3 is 2.32 bits per heavy atom. The fraction of sp³-hybridized carbons (Fsp3) is 0.222. The largest absolute Gasteiger partial charge is 0.437 e. The molecule has 2 aromatic rings. The molecule has 0 unspecified atom stereocenters. The van der Waals surface area contributed by atoms with E-state index in [2.05, 4.69) is 5.32 Å². The number of aliphatic hydroxyl groups is 1. The summed E-state index contributed by atoms with van der Waals surface area (Å²) in [5.41, 5.74) is -4.64. The molecule has 1 heterocycles. The summed E-state index contributed by atoms with van der Waals surface area (Å²) in [6.45, 7) is 0. The number of amides is 2. The Morgan fingerprint density at radius 1 is 1.11 bits per heavy atom. The zero-order valence-corrected chi connectivity index (χ0v) is 14.7. The van der Waals surface area contributed by atoms with Gasteiger partial charge in [-0.15, -0.1) is 0 Å². The first-order valence-corrected chi connectivity index (χ1v) is 8.35.